The molecule has 1 aliphatic rings. The fourth-order valence-electron chi connectivity index (χ4n) is 1.54. The lowest BCUT2D eigenvalue weighted by atomic mass is 9.80. The van der Waals surface area contributed by atoms with Crippen LogP contribution in [-0.2, 0) is 19.1 Å². The Hall–Kier alpha value is -2.21. The summed E-state index contributed by atoms with van der Waals surface area (Å²) in [6.45, 7) is 5.88. The van der Waals surface area contributed by atoms with Gasteiger partial charge in [-0.25, -0.2) is 4.79 Å². The minimum atomic E-state index is -2.23. The summed E-state index contributed by atoms with van der Waals surface area (Å²) >= 11 is 0. The third-order valence-electron chi connectivity index (χ3n) is 2.68. The molecule has 0 aromatic carbocycles. The second-order valence-electron chi connectivity index (χ2n) is 4.27. The van der Waals surface area contributed by atoms with Gasteiger partial charge in [0.25, 0.3) is 0 Å². The fraction of sp³-hybridized carbons (Fsp3) is 0.308. The van der Waals surface area contributed by atoms with E-state index in [1.165, 1.54) is 13.0 Å². The van der Waals surface area contributed by atoms with Crippen LogP contribution in [-0.4, -0.2) is 33.5 Å². The highest BCUT2D eigenvalue weighted by atomic mass is 16.5. The standard InChI is InChI=1S/C13H14O6/c1-7(2)12(17)19-9-4-5-10(11(15)16)13(18,6-9)8(3)14/h4-6,10,18H,1H2,2-3H3,(H,15,16). The van der Waals surface area contributed by atoms with Crippen LogP contribution in [0.4, 0.5) is 0 Å². The molecule has 6 nitrogen and oxygen atoms in total. The van der Waals surface area contributed by atoms with Gasteiger partial charge < -0.3 is 14.9 Å². The van der Waals surface area contributed by atoms with Gasteiger partial charge in [-0.3, -0.25) is 9.59 Å². The van der Waals surface area contributed by atoms with Crippen LogP contribution in [0.1, 0.15) is 13.8 Å². The maximum Gasteiger partial charge on any atom is 0.338 e. The van der Waals surface area contributed by atoms with E-state index in [2.05, 4.69) is 6.58 Å². The number of hydrogen-bond donors (Lipinski definition) is 2. The molecule has 19 heavy (non-hydrogen) atoms. The summed E-state index contributed by atoms with van der Waals surface area (Å²) in [7, 11) is 0. The molecule has 1 rings (SSSR count). The molecule has 2 unspecified atom stereocenters. The molecule has 0 amide bonds. The first-order valence-electron chi connectivity index (χ1n) is 5.43. The molecule has 6 heteroatoms. The number of esters is 1. The lowest BCUT2D eigenvalue weighted by Gasteiger charge is -2.29. The van der Waals surface area contributed by atoms with E-state index in [0.29, 0.717) is 0 Å². The molecule has 0 aromatic rings. The van der Waals surface area contributed by atoms with Gasteiger partial charge in [0.15, 0.2) is 11.4 Å². The number of aliphatic hydroxyl groups is 1. The zero-order chi connectivity index (χ0) is 14.8. The highest BCUT2D eigenvalue weighted by Crippen LogP contribution is 2.29. The molecular weight excluding hydrogens is 252 g/mol. The Labute approximate surface area is 109 Å². The third kappa shape index (κ3) is 2.97. The van der Waals surface area contributed by atoms with Gasteiger partial charge in [0.05, 0.1) is 0 Å². The molecule has 0 radical (unpaired) electrons. The number of allylic oxidation sites excluding steroid dienone is 1. The average molecular weight is 266 g/mol. The minimum absolute atomic E-state index is 0.0943. The van der Waals surface area contributed by atoms with E-state index in [-0.39, 0.29) is 11.3 Å². The van der Waals surface area contributed by atoms with Crippen molar-refractivity contribution in [3.05, 3.63) is 36.1 Å². The first kappa shape index (κ1) is 14.8. The van der Waals surface area contributed by atoms with Crippen molar-refractivity contribution >= 4 is 17.7 Å². The zero-order valence-electron chi connectivity index (χ0n) is 10.5. The van der Waals surface area contributed by atoms with Gasteiger partial charge >= 0.3 is 11.9 Å². The Bertz CT molecular complexity index is 513. The number of rotatable bonds is 4. The normalized spacial score (nSPS) is 25.4. The smallest absolute Gasteiger partial charge is 0.338 e. The Morgan fingerprint density at radius 1 is 1.37 bits per heavy atom. The molecular formula is C13H14O6. The SMILES string of the molecule is C=C(C)C(=O)OC1=CC(O)(C(C)=O)C(C(=O)O)C=C1. The third-order valence-corrected chi connectivity index (χ3v) is 2.68. The quantitative estimate of drug-likeness (QED) is 0.570. The number of aliphatic carboxylic acids is 1. The van der Waals surface area contributed by atoms with Crippen molar-refractivity contribution in [1.29, 1.82) is 0 Å². The van der Waals surface area contributed by atoms with Crippen molar-refractivity contribution in [2.75, 3.05) is 0 Å². The van der Waals surface area contributed by atoms with E-state index >= 15 is 0 Å². The summed E-state index contributed by atoms with van der Waals surface area (Å²) in [5.41, 5.74) is -2.09. The molecule has 0 saturated heterocycles. The van der Waals surface area contributed by atoms with E-state index in [1.54, 1.807) is 0 Å². The van der Waals surface area contributed by atoms with Crippen molar-refractivity contribution in [3.8, 4) is 0 Å². The molecule has 2 N–H and O–H groups in total. The molecule has 0 bridgehead atoms. The topological polar surface area (TPSA) is 101 Å². The van der Waals surface area contributed by atoms with Crippen LogP contribution < -0.4 is 0 Å². The van der Waals surface area contributed by atoms with Crippen molar-refractivity contribution in [2.24, 2.45) is 5.92 Å². The summed E-state index contributed by atoms with van der Waals surface area (Å²) in [5, 5.41) is 19.1. The summed E-state index contributed by atoms with van der Waals surface area (Å²) in [6.07, 6.45) is 3.25. The van der Waals surface area contributed by atoms with Crippen LogP contribution in [0.15, 0.2) is 36.1 Å². The number of ketones is 1. The molecule has 0 fully saturated rings. The fourth-order valence-corrected chi connectivity index (χ4v) is 1.54. The van der Waals surface area contributed by atoms with Gasteiger partial charge in [0.2, 0.25) is 0 Å². The highest BCUT2D eigenvalue weighted by Gasteiger charge is 2.45. The van der Waals surface area contributed by atoms with Crippen molar-refractivity contribution in [3.63, 3.8) is 0 Å². The van der Waals surface area contributed by atoms with E-state index in [1.807, 2.05) is 0 Å². The Kier molecular flexibility index (Phi) is 4.06. The van der Waals surface area contributed by atoms with Crippen LogP contribution in [0.3, 0.4) is 0 Å². The number of carbonyl (C=O) groups excluding carboxylic acids is 2. The maximum absolute atomic E-state index is 11.5. The summed E-state index contributed by atoms with van der Waals surface area (Å²) in [6, 6.07) is 0. The molecule has 0 aliphatic heterocycles. The van der Waals surface area contributed by atoms with Gasteiger partial charge in [-0.1, -0.05) is 12.7 Å². The first-order valence-corrected chi connectivity index (χ1v) is 5.43. The van der Waals surface area contributed by atoms with E-state index < -0.39 is 29.2 Å². The Morgan fingerprint density at radius 2 is 1.95 bits per heavy atom. The number of carboxylic acid groups (broad SMARTS) is 1. The lowest BCUT2D eigenvalue weighted by Crippen LogP contribution is -2.47. The molecule has 0 aromatic heterocycles. The van der Waals surface area contributed by atoms with Gasteiger partial charge in [0.1, 0.15) is 11.7 Å². The highest BCUT2D eigenvalue weighted by molar-refractivity contribution is 5.94. The number of hydrogen-bond acceptors (Lipinski definition) is 5. The predicted molar refractivity (Wildman–Crippen MR) is 64.9 cm³/mol. The average Bonchev–Trinajstić information content (AvgIpc) is 2.28. The zero-order valence-corrected chi connectivity index (χ0v) is 10.5. The molecule has 0 heterocycles. The van der Waals surface area contributed by atoms with Crippen molar-refractivity contribution in [1.82, 2.24) is 0 Å². The van der Waals surface area contributed by atoms with E-state index in [9.17, 15) is 19.5 Å². The molecule has 2 atom stereocenters. The maximum atomic E-state index is 11.5. The van der Waals surface area contributed by atoms with Crippen LogP contribution in [0.5, 0.6) is 0 Å². The second kappa shape index (κ2) is 5.19. The van der Waals surface area contributed by atoms with Gasteiger partial charge in [-0.05, 0) is 26.0 Å². The Morgan fingerprint density at radius 3 is 2.37 bits per heavy atom. The van der Waals surface area contributed by atoms with Crippen molar-refractivity contribution < 1.29 is 29.3 Å². The summed E-state index contributed by atoms with van der Waals surface area (Å²) < 4.78 is 4.86. The number of Topliss-reactive ketones (excluding diaryl/α,β-unsaturated/α-hetero) is 1. The van der Waals surface area contributed by atoms with Crippen molar-refractivity contribution in [2.45, 2.75) is 19.4 Å². The predicted octanol–water partition coefficient (Wildman–Crippen LogP) is 0.580. The van der Waals surface area contributed by atoms with Gasteiger partial charge in [-0.15, -0.1) is 0 Å². The summed E-state index contributed by atoms with van der Waals surface area (Å²) in [5.74, 6) is -4.35. The van der Waals surface area contributed by atoms with Gasteiger partial charge in [0, 0.05) is 5.57 Å². The second-order valence-corrected chi connectivity index (χ2v) is 4.27. The van der Waals surface area contributed by atoms with E-state index in [0.717, 1.165) is 19.1 Å². The minimum Gasteiger partial charge on any atom is -0.481 e. The van der Waals surface area contributed by atoms with Gasteiger partial charge in [-0.2, -0.15) is 0 Å². The number of carbonyl (C=O) groups is 3. The number of carboxylic acids is 1. The van der Waals surface area contributed by atoms with E-state index in [4.69, 9.17) is 9.84 Å². The monoisotopic (exact) mass is 266 g/mol. The molecule has 0 spiro atoms. The van der Waals surface area contributed by atoms with Crippen LogP contribution >= 0.6 is 0 Å². The van der Waals surface area contributed by atoms with Crippen LogP contribution in [0.2, 0.25) is 0 Å². The largest absolute Gasteiger partial charge is 0.481 e. The van der Waals surface area contributed by atoms with Crippen LogP contribution in [0, 0.1) is 5.92 Å². The Balaban J connectivity index is 3.10. The number of ether oxygens (including phenoxy) is 1. The lowest BCUT2D eigenvalue weighted by molar-refractivity contribution is -0.152. The first-order chi connectivity index (χ1) is 8.68. The molecule has 102 valence electrons. The summed E-state index contributed by atoms with van der Waals surface area (Å²) in [4.78, 5) is 33.8. The molecule has 0 saturated carbocycles. The van der Waals surface area contributed by atoms with Crippen LogP contribution in [0.25, 0.3) is 0 Å². The molecule has 1 aliphatic carbocycles.